The quantitative estimate of drug-likeness (QED) is 0.590. The summed E-state index contributed by atoms with van der Waals surface area (Å²) in [6, 6.07) is 4.91. The molecular weight excluding hydrogens is 220 g/mol. The number of benzene rings is 1. The number of nitrogens with zero attached hydrogens (tertiary/aromatic N) is 1. The fraction of sp³-hybridized carbons (Fsp3) is 0.333. The van der Waals surface area contributed by atoms with Crippen molar-refractivity contribution in [1.82, 2.24) is 5.32 Å². The van der Waals surface area contributed by atoms with Crippen molar-refractivity contribution in [2.75, 3.05) is 20.2 Å². The largest absolute Gasteiger partial charge is 0.507 e. The first-order valence-electron chi connectivity index (χ1n) is 5.24. The Hall–Kier alpha value is -2.04. The van der Waals surface area contributed by atoms with Gasteiger partial charge in [-0.3, -0.25) is 9.79 Å². The molecule has 0 atom stereocenters. The first-order valence-corrected chi connectivity index (χ1v) is 5.24. The average Bonchev–Trinajstić information content (AvgIpc) is 2.30. The summed E-state index contributed by atoms with van der Waals surface area (Å²) < 4.78 is 5.04. The highest BCUT2D eigenvalue weighted by atomic mass is 16.5. The molecule has 17 heavy (non-hydrogen) atoms. The summed E-state index contributed by atoms with van der Waals surface area (Å²) in [5.74, 6) is 0.726. The number of phenols is 1. The average molecular weight is 236 g/mol. The number of carbonyl (C=O) groups is 1. The van der Waals surface area contributed by atoms with Crippen molar-refractivity contribution in [3.8, 4) is 11.5 Å². The Balaban J connectivity index is 2.55. The second-order valence-electron chi connectivity index (χ2n) is 3.44. The van der Waals surface area contributed by atoms with E-state index in [9.17, 15) is 9.90 Å². The lowest BCUT2D eigenvalue weighted by molar-refractivity contribution is -0.118. The minimum Gasteiger partial charge on any atom is -0.507 e. The van der Waals surface area contributed by atoms with Crippen LogP contribution in [0.15, 0.2) is 23.2 Å². The zero-order valence-electron chi connectivity index (χ0n) is 9.93. The van der Waals surface area contributed by atoms with Crippen LogP contribution in [0, 0.1) is 0 Å². The van der Waals surface area contributed by atoms with Crippen molar-refractivity contribution in [3.05, 3.63) is 23.8 Å². The summed E-state index contributed by atoms with van der Waals surface area (Å²) >= 11 is 0. The first-order chi connectivity index (χ1) is 8.13. The molecule has 0 heterocycles. The van der Waals surface area contributed by atoms with Gasteiger partial charge in [0.05, 0.1) is 13.7 Å². The summed E-state index contributed by atoms with van der Waals surface area (Å²) in [5, 5.41) is 12.2. The zero-order valence-corrected chi connectivity index (χ0v) is 9.93. The molecule has 0 unspecified atom stereocenters. The zero-order chi connectivity index (χ0) is 12.7. The molecule has 1 amide bonds. The molecule has 0 fully saturated rings. The standard InChI is InChI=1S/C12H16N2O3/c1-9(15)14-6-5-13-8-10-7-11(17-2)3-4-12(10)16/h3-4,7-8,16H,5-6H2,1-2H3,(H,14,15). The highest BCUT2D eigenvalue weighted by Crippen LogP contribution is 2.20. The minimum absolute atomic E-state index is 0.0792. The number of carbonyl (C=O) groups excluding carboxylic acids is 1. The maximum Gasteiger partial charge on any atom is 0.216 e. The van der Waals surface area contributed by atoms with Crippen LogP contribution in [-0.2, 0) is 4.79 Å². The van der Waals surface area contributed by atoms with E-state index < -0.39 is 0 Å². The Bertz CT molecular complexity index is 416. The van der Waals surface area contributed by atoms with Gasteiger partial charge in [-0.25, -0.2) is 0 Å². The third-order valence-electron chi connectivity index (χ3n) is 2.08. The van der Waals surface area contributed by atoms with E-state index in [1.165, 1.54) is 6.92 Å². The van der Waals surface area contributed by atoms with Crippen LogP contribution in [0.5, 0.6) is 11.5 Å². The molecule has 0 aliphatic rings. The highest BCUT2D eigenvalue weighted by Gasteiger charge is 1.99. The molecule has 0 spiro atoms. The predicted octanol–water partition coefficient (Wildman–Crippen LogP) is 0.956. The molecule has 1 rings (SSSR count). The van der Waals surface area contributed by atoms with Crippen molar-refractivity contribution < 1.29 is 14.6 Å². The lowest BCUT2D eigenvalue weighted by Crippen LogP contribution is -2.22. The number of phenolic OH excluding ortho intramolecular Hbond substituents is 1. The van der Waals surface area contributed by atoms with Crippen LogP contribution in [0.2, 0.25) is 0 Å². The predicted molar refractivity (Wildman–Crippen MR) is 65.8 cm³/mol. The third kappa shape index (κ3) is 4.55. The first kappa shape index (κ1) is 13.0. The van der Waals surface area contributed by atoms with Crippen LogP contribution in [0.4, 0.5) is 0 Å². The van der Waals surface area contributed by atoms with Crippen molar-refractivity contribution in [2.24, 2.45) is 4.99 Å². The van der Waals surface area contributed by atoms with Crippen LogP contribution in [0.1, 0.15) is 12.5 Å². The number of aromatic hydroxyl groups is 1. The Morgan fingerprint density at radius 3 is 3.00 bits per heavy atom. The van der Waals surface area contributed by atoms with E-state index >= 15 is 0 Å². The van der Waals surface area contributed by atoms with Gasteiger partial charge >= 0.3 is 0 Å². The van der Waals surface area contributed by atoms with E-state index in [-0.39, 0.29) is 11.7 Å². The van der Waals surface area contributed by atoms with E-state index in [4.69, 9.17) is 4.74 Å². The van der Waals surface area contributed by atoms with Gasteiger partial charge in [-0.15, -0.1) is 0 Å². The molecule has 0 aliphatic heterocycles. The van der Waals surface area contributed by atoms with E-state index in [0.717, 1.165) is 0 Å². The van der Waals surface area contributed by atoms with Crippen molar-refractivity contribution in [2.45, 2.75) is 6.92 Å². The second kappa shape index (κ2) is 6.52. The molecule has 0 aliphatic carbocycles. The fourth-order valence-corrected chi connectivity index (χ4v) is 1.22. The van der Waals surface area contributed by atoms with Gasteiger partial charge in [-0.1, -0.05) is 0 Å². The van der Waals surface area contributed by atoms with Crippen LogP contribution in [-0.4, -0.2) is 37.4 Å². The van der Waals surface area contributed by atoms with Gasteiger partial charge < -0.3 is 15.2 Å². The Labute approximate surface area is 100 Å². The Morgan fingerprint density at radius 2 is 2.35 bits per heavy atom. The molecular formula is C12H16N2O3. The maximum atomic E-state index is 10.6. The second-order valence-corrected chi connectivity index (χ2v) is 3.44. The fourth-order valence-electron chi connectivity index (χ4n) is 1.22. The molecule has 0 aromatic heterocycles. The normalized spacial score (nSPS) is 10.5. The molecule has 0 radical (unpaired) electrons. The molecule has 0 saturated carbocycles. The molecule has 2 N–H and O–H groups in total. The third-order valence-corrected chi connectivity index (χ3v) is 2.08. The van der Waals surface area contributed by atoms with Crippen LogP contribution in [0.25, 0.3) is 0 Å². The summed E-state index contributed by atoms with van der Waals surface area (Å²) in [7, 11) is 1.56. The minimum atomic E-state index is -0.0792. The van der Waals surface area contributed by atoms with E-state index in [1.54, 1.807) is 31.5 Å². The summed E-state index contributed by atoms with van der Waals surface area (Å²) in [6.45, 7) is 2.41. The lowest BCUT2D eigenvalue weighted by atomic mass is 10.2. The molecule has 1 aromatic carbocycles. The summed E-state index contributed by atoms with van der Waals surface area (Å²) in [6.07, 6.45) is 1.56. The van der Waals surface area contributed by atoms with Crippen molar-refractivity contribution in [3.63, 3.8) is 0 Å². The number of hydrogen-bond donors (Lipinski definition) is 2. The van der Waals surface area contributed by atoms with Crippen LogP contribution < -0.4 is 10.1 Å². The van der Waals surface area contributed by atoms with E-state index in [1.807, 2.05) is 0 Å². The lowest BCUT2D eigenvalue weighted by Gasteiger charge is -2.03. The number of nitrogens with one attached hydrogen (secondary N) is 1. The SMILES string of the molecule is COc1ccc(O)c(C=NCCNC(C)=O)c1. The summed E-state index contributed by atoms with van der Waals surface area (Å²) in [5.41, 5.74) is 0.590. The number of aliphatic imine (C=N–C) groups is 1. The topological polar surface area (TPSA) is 70.9 Å². The number of rotatable bonds is 5. The Morgan fingerprint density at radius 1 is 1.59 bits per heavy atom. The number of ether oxygens (including phenoxy) is 1. The molecule has 0 bridgehead atoms. The van der Waals surface area contributed by atoms with Crippen LogP contribution in [0.3, 0.4) is 0 Å². The molecule has 5 heteroatoms. The van der Waals surface area contributed by atoms with E-state index in [2.05, 4.69) is 10.3 Å². The smallest absolute Gasteiger partial charge is 0.216 e. The molecule has 0 saturated heterocycles. The van der Waals surface area contributed by atoms with Gasteiger partial charge in [-0.05, 0) is 18.2 Å². The van der Waals surface area contributed by atoms with Crippen LogP contribution >= 0.6 is 0 Å². The summed E-state index contributed by atoms with van der Waals surface area (Å²) in [4.78, 5) is 14.7. The molecule has 92 valence electrons. The van der Waals surface area contributed by atoms with Crippen molar-refractivity contribution >= 4 is 12.1 Å². The molecule has 5 nitrogen and oxygen atoms in total. The van der Waals surface area contributed by atoms with Gasteiger partial charge in [-0.2, -0.15) is 0 Å². The maximum absolute atomic E-state index is 10.6. The number of amides is 1. The van der Waals surface area contributed by atoms with Gasteiger partial charge in [0, 0.05) is 25.2 Å². The Kier molecular flexibility index (Phi) is 5.00. The van der Waals surface area contributed by atoms with Gasteiger partial charge in [0.15, 0.2) is 0 Å². The van der Waals surface area contributed by atoms with Gasteiger partial charge in [0.2, 0.25) is 5.91 Å². The number of methoxy groups -OCH3 is 1. The number of hydrogen-bond acceptors (Lipinski definition) is 4. The van der Waals surface area contributed by atoms with Crippen molar-refractivity contribution in [1.29, 1.82) is 0 Å². The van der Waals surface area contributed by atoms with E-state index in [0.29, 0.717) is 24.4 Å². The highest BCUT2D eigenvalue weighted by molar-refractivity contribution is 5.84. The molecule has 1 aromatic rings. The van der Waals surface area contributed by atoms with Gasteiger partial charge in [0.1, 0.15) is 11.5 Å². The monoisotopic (exact) mass is 236 g/mol. The van der Waals surface area contributed by atoms with Gasteiger partial charge in [0.25, 0.3) is 0 Å².